The van der Waals surface area contributed by atoms with Gasteiger partial charge in [-0.3, -0.25) is 9.48 Å². The summed E-state index contributed by atoms with van der Waals surface area (Å²) in [6.07, 6.45) is 1.71. The van der Waals surface area contributed by atoms with Crippen LogP contribution in [0.1, 0.15) is 33.1 Å². The first-order valence-electron chi connectivity index (χ1n) is 8.46. The molecule has 0 aliphatic carbocycles. The second-order valence-corrected chi connectivity index (χ2v) is 6.38. The smallest absolute Gasteiger partial charge is 0.289 e. The maximum atomic E-state index is 12.5. The van der Waals surface area contributed by atoms with Gasteiger partial charge in [-0.15, -0.1) is 0 Å². The molecule has 136 valence electrons. The van der Waals surface area contributed by atoms with Crippen LogP contribution in [0.2, 0.25) is 0 Å². The van der Waals surface area contributed by atoms with Crippen LogP contribution in [-0.4, -0.2) is 27.6 Å². The van der Waals surface area contributed by atoms with E-state index in [9.17, 15) is 4.79 Å². The molecular weight excluding hydrogens is 330 g/mol. The van der Waals surface area contributed by atoms with Gasteiger partial charge in [-0.1, -0.05) is 18.2 Å². The highest BCUT2D eigenvalue weighted by atomic mass is 16.5. The highest BCUT2D eigenvalue weighted by Gasteiger charge is 2.17. The molecule has 0 aliphatic rings. The molecule has 0 unspecified atom stereocenters. The molecule has 0 aliphatic heterocycles. The lowest BCUT2D eigenvalue weighted by Gasteiger charge is -2.15. The molecule has 0 N–H and O–H groups in total. The van der Waals surface area contributed by atoms with E-state index in [1.807, 2.05) is 45.2 Å². The largest absolute Gasteiger partial charge is 0.485 e. The first-order chi connectivity index (χ1) is 12.5. The van der Waals surface area contributed by atoms with E-state index in [4.69, 9.17) is 9.15 Å². The van der Waals surface area contributed by atoms with Crippen LogP contribution in [-0.2, 0) is 20.2 Å². The fourth-order valence-corrected chi connectivity index (χ4v) is 2.80. The van der Waals surface area contributed by atoms with Gasteiger partial charge in [0.25, 0.3) is 5.91 Å². The lowest BCUT2D eigenvalue weighted by molar-refractivity contribution is 0.0746. The van der Waals surface area contributed by atoms with E-state index >= 15 is 0 Å². The number of aryl methyl sites for hydroxylation is 3. The van der Waals surface area contributed by atoms with Gasteiger partial charge in [0, 0.05) is 20.3 Å². The predicted molar refractivity (Wildman–Crippen MR) is 98.0 cm³/mol. The van der Waals surface area contributed by atoms with E-state index in [0.29, 0.717) is 18.1 Å². The summed E-state index contributed by atoms with van der Waals surface area (Å²) in [7, 11) is 3.59. The Labute approximate surface area is 153 Å². The highest BCUT2D eigenvalue weighted by Crippen LogP contribution is 2.24. The van der Waals surface area contributed by atoms with Crippen LogP contribution in [0.25, 0.3) is 0 Å². The average Bonchev–Trinajstić information content (AvgIpc) is 3.23. The normalized spacial score (nSPS) is 10.8. The lowest BCUT2D eigenvalue weighted by Crippen LogP contribution is -2.26. The summed E-state index contributed by atoms with van der Waals surface area (Å²) in [6.45, 7) is 4.76. The van der Waals surface area contributed by atoms with Crippen LogP contribution >= 0.6 is 0 Å². The Balaban J connectivity index is 1.63. The number of aromatic nitrogens is 2. The fourth-order valence-electron chi connectivity index (χ4n) is 2.80. The molecule has 0 atom stereocenters. The quantitative estimate of drug-likeness (QED) is 0.681. The SMILES string of the molecule is Cc1cccc(C)c1OCc1ccc(C(=O)N(C)Cc2ccnn2C)o1. The van der Waals surface area contributed by atoms with Crippen LogP contribution in [0.3, 0.4) is 0 Å². The van der Waals surface area contributed by atoms with E-state index in [1.165, 1.54) is 0 Å². The van der Waals surface area contributed by atoms with Gasteiger partial charge in [0.2, 0.25) is 0 Å². The molecule has 0 bridgehead atoms. The fraction of sp³-hybridized carbons (Fsp3) is 0.300. The molecule has 0 radical (unpaired) electrons. The van der Waals surface area contributed by atoms with Crippen LogP contribution in [0.4, 0.5) is 0 Å². The zero-order valence-corrected chi connectivity index (χ0v) is 15.5. The zero-order valence-electron chi connectivity index (χ0n) is 15.5. The molecule has 6 nitrogen and oxygen atoms in total. The molecular formula is C20H23N3O3. The number of hydrogen-bond acceptors (Lipinski definition) is 4. The van der Waals surface area contributed by atoms with Crippen molar-refractivity contribution in [3.05, 3.63) is 70.9 Å². The lowest BCUT2D eigenvalue weighted by atomic mass is 10.1. The first kappa shape index (κ1) is 17.8. The number of hydrogen-bond donors (Lipinski definition) is 0. The van der Waals surface area contributed by atoms with E-state index in [2.05, 4.69) is 5.10 Å². The minimum absolute atomic E-state index is 0.176. The second kappa shape index (κ2) is 7.47. The van der Waals surface area contributed by atoms with E-state index in [-0.39, 0.29) is 12.5 Å². The van der Waals surface area contributed by atoms with Gasteiger partial charge in [-0.25, -0.2) is 0 Å². The Hall–Kier alpha value is -3.02. The average molecular weight is 353 g/mol. The molecule has 0 spiro atoms. The number of ether oxygens (including phenoxy) is 1. The van der Waals surface area contributed by atoms with Crippen molar-refractivity contribution in [2.75, 3.05) is 7.05 Å². The maximum Gasteiger partial charge on any atom is 0.289 e. The number of amides is 1. The zero-order chi connectivity index (χ0) is 18.7. The summed E-state index contributed by atoms with van der Waals surface area (Å²) >= 11 is 0. The van der Waals surface area contributed by atoms with Crippen molar-refractivity contribution in [2.24, 2.45) is 7.05 Å². The molecule has 2 heterocycles. The molecule has 0 fully saturated rings. The van der Waals surface area contributed by atoms with Gasteiger partial charge < -0.3 is 14.1 Å². The van der Waals surface area contributed by atoms with Crippen molar-refractivity contribution in [2.45, 2.75) is 27.0 Å². The Kier molecular flexibility index (Phi) is 5.11. The first-order valence-corrected chi connectivity index (χ1v) is 8.46. The topological polar surface area (TPSA) is 60.5 Å². The van der Waals surface area contributed by atoms with Gasteiger partial charge in [0.1, 0.15) is 18.1 Å². The van der Waals surface area contributed by atoms with Crippen molar-refractivity contribution >= 4 is 5.91 Å². The number of rotatable bonds is 6. The molecule has 26 heavy (non-hydrogen) atoms. The van der Waals surface area contributed by atoms with E-state index in [0.717, 1.165) is 22.6 Å². The van der Waals surface area contributed by atoms with Crippen molar-refractivity contribution < 1.29 is 13.9 Å². The monoisotopic (exact) mass is 353 g/mol. The summed E-state index contributed by atoms with van der Waals surface area (Å²) in [6, 6.07) is 11.4. The van der Waals surface area contributed by atoms with Crippen LogP contribution in [0, 0.1) is 13.8 Å². The van der Waals surface area contributed by atoms with E-state index < -0.39 is 0 Å². The molecule has 3 rings (SSSR count). The number of carbonyl (C=O) groups is 1. The van der Waals surface area contributed by atoms with Gasteiger partial charge in [0.05, 0.1) is 12.2 Å². The summed E-state index contributed by atoms with van der Waals surface area (Å²) in [5.74, 6) is 1.59. The molecule has 1 amide bonds. The summed E-state index contributed by atoms with van der Waals surface area (Å²) in [5, 5.41) is 4.11. The minimum Gasteiger partial charge on any atom is -0.485 e. The molecule has 0 saturated carbocycles. The van der Waals surface area contributed by atoms with Crippen molar-refractivity contribution in [3.8, 4) is 5.75 Å². The standard InChI is InChI=1S/C20H23N3O3/c1-14-6-5-7-15(2)19(14)25-13-17-8-9-18(26-17)20(24)22(3)12-16-10-11-21-23(16)4/h5-11H,12-13H2,1-4H3. The number of benzene rings is 1. The third kappa shape index (κ3) is 3.79. The predicted octanol–water partition coefficient (Wildman–Crippen LogP) is 3.48. The van der Waals surface area contributed by atoms with Crippen LogP contribution in [0.5, 0.6) is 5.75 Å². The second-order valence-electron chi connectivity index (χ2n) is 6.38. The Morgan fingerprint density at radius 3 is 2.58 bits per heavy atom. The van der Waals surface area contributed by atoms with E-state index in [1.54, 1.807) is 35.0 Å². The summed E-state index contributed by atoms with van der Waals surface area (Å²) in [4.78, 5) is 14.1. The summed E-state index contributed by atoms with van der Waals surface area (Å²) in [5.41, 5.74) is 3.10. The van der Waals surface area contributed by atoms with Crippen molar-refractivity contribution in [3.63, 3.8) is 0 Å². The molecule has 1 aromatic carbocycles. The molecule has 0 saturated heterocycles. The Morgan fingerprint density at radius 1 is 1.19 bits per heavy atom. The number of nitrogens with zero attached hydrogens (tertiary/aromatic N) is 3. The van der Waals surface area contributed by atoms with Gasteiger partial charge in [0.15, 0.2) is 5.76 Å². The summed E-state index contributed by atoms with van der Waals surface area (Å²) < 4.78 is 13.3. The Bertz CT molecular complexity index is 890. The number of furan rings is 1. The van der Waals surface area contributed by atoms with Gasteiger partial charge >= 0.3 is 0 Å². The molecule has 2 aromatic heterocycles. The van der Waals surface area contributed by atoms with Gasteiger partial charge in [-0.05, 0) is 43.2 Å². The highest BCUT2D eigenvalue weighted by molar-refractivity contribution is 5.91. The van der Waals surface area contributed by atoms with Crippen LogP contribution < -0.4 is 4.74 Å². The van der Waals surface area contributed by atoms with Crippen LogP contribution in [0.15, 0.2) is 47.0 Å². The minimum atomic E-state index is -0.176. The Morgan fingerprint density at radius 2 is 1.92 bits per heavy atom. The number of carbonyl (C=O) groups excluding carboxylic acids is 1. The van der Waals surface area contributed by atoms with Gasteiger partial charge in [-0.2, -0.15) is 5.10 Å². The number of para-hydroxylation sites is 1. The van der Waals surface area contributed by atoms with Crippen molar-refractivity contribution in [1.82, 2.24) is 14.7 Å². The third-order valence-corrected chi connectivity index (χ3v) is 4.31. The third-order valence-electron chi connectivity index (χ3n) is 4.31. The molecule has 6 heteroatoms. The maximum absolute atomic E-state index is 12.5. The van der Waals surface area contributed by atoms with Crippen molar-refractivity contribution in [1.29, 1.82) is 0 Å². The molecule has 3 aromatic rings.